The summed E-state index contributed by atoms with van der Waals surface area (Å²) >= 11 is 0. The SMILES string of the molecule is CCOC(CCNC(=O)C(=O)Nc1ccccc1)OCC. The number of para-hydroxylation sites is 1. The fraction of sp³-hybridized carbons (Fsp3) is 0.467. The molecule has 0 bridgehead atoms. The Hall–Kier alpha value is -1.92. The molecule has 0 fully saturated rings. The molecular formula is C15H22N2O4. The van der Waals surface area contributed by atoms with Gasteiger partial charge in [0.15, 0.2) is 6.29 Å². The lowest BCUT2D eigenvalue weighted by atomic mass is 10.3. The average Bonchev–Trinajstić information content (AvgIpc) is 2.48. The minimum absolute atomic E-state index is 0.311. The molecule has 0 atom stereocenters. The summed E-state index contributed by atoms with van der Waals surface area (Å²) in [5.41, 5.74) is 0.583. The highest BCUT2D eigenvalue weighted by atomic mass is 16.7. The molecule has 1 rings (SSSR count). The number of carbonyl (C=O) groups is 2. The molecule has 0 saturated carbocycles. The highest BCUT2D eigenvalue weighted by molar-refractivity contribution is 6.39. The molecule has 0 unspecified atom stereocenters. The van der Waals surface area contributed by atoms with Crippen LogP contribution in [0.5, 0.6) is 0 Å². The normalized spacial score (nSPS) is 10.4. The molecule has 0 spiro atoms. The van der Waals surface area contributed by atoms with Crippen molar-refractivity contribution in [2.24, 2.45) is 0 Å². The maximum absolute atomic E-state index is 11.7. The molecule has 0 saturated heterocycles. The first-order chi connectivity index (χ1) is 10.2. The van der Waals surface area contributed by atoms with E-state index in [1.165, 1.54) is 0 Å². The number of nitrogens with one attached hydrogen (secondary N) is 2. The van der Waals surface area contributed by atoms with E-state index in [1.807, 2.05) is 19.9 Å². The minimum atomic E-state index is -0.689. The second-order valence-corrected chi connectivity index (χ2v) is 4.20. The Morgan fingerprint density at radius 2 is 1.67 bits per heavy atom. The molecule has 21 heavy (non-hydrogen) atoms. The fourth-order valence-corrected chi connectivity index (χ4v) is 1.68. The Morgan fingerprint density at radius 3 is 2.24 bits per heavy atom. The summed E-state index contributed by atoms with van der Waals surface area (Å²) in [6.45, 7) is 5.13. The van der Waals surface area contributed by atoms with Gasteiger partial charge in [0.25, 0.3) is 0 Å². The summed E-state index contributed by atoms with van der Waals surface area (Å²) in [5, 5.41) is 5.06. The molecule has 6 nitrogen and oxygen atoms in total. The predicted molar refractivity (Wildman–Crippen MR) is 79.7 cm³/mol. The molecule has 0 radical (unpaired) electrons. The van der Waals surface area contributed by atoms with Gasteiger partial charge in [-0.3, -0.25) is 9.59 Å². The van der Waals surface area contributed by atoms with E-state index in [-0.39, 0.29) is 6.29 Å². The first-order valence-corrected chi connectivity index (χ1v) is 7.04. The van der Waals surface area contributed by atoms with Gasteiger partial charge >= 0.3 is 11.8 Å². The van der Waals surface area contributed by atoms with Crippen LogP contribution in [0.4, 0.5) is 5.69 Å². The van der Waals surface area contributed by atoms with Gasteiger partial charge in [0, 0.05) is 31.9 Å². The number of hydrogen-bond acceptors (Lipinski definition) is 4. The highest BCUT2D eigenvalue weighted by Gasteiger charge is 2.14. The van der Waals surface area contributed by atoms with Crippen molar-refractivity contribution in [1.29, 1.82) is 0 Å². The van der Waals surface area contributed by atoms with Crippen LogP contribution in [0, 0.1) is 0 Å². The summed E-state index contributed by atoms with van der Waals surface area (Å²) in [4.78, 5) is 23.3. The number of rotatable bonds is 8. The van der Waals surface area contributed by atoms with Crippen molar-refractivity contribution in [2.75, 3.05) is 25.1 Å². The van der Waals surface area contributed by atoms with Gasteiger partial charge in [-0.1, -0.05) is 18.2 Å². The lowest BCUT2D eigenvalue weighted by Gasteiger charge is -2.16. The Bertz CT molecular complexity index is 431. The van der Waals surface area contributed by atoms with E-state index in [0.29, 0.717) is 31.9 Å². The fourth-order valence-electron chi connectivity index (χ4n) is 1.68. The Labute approximate surface area is 124 Å². The summed E-state index contributed by atoms with van der Waals surface area (Å²) < 4.78 is 10.7. The van der Waals surface area contributed by atoms with E-state index in [0.717, 1.165) is 0 Å². The van der Waals surface area contributed by atoms with Crippen molar-refractivity contribution in [2.45, 2.75) is 26.6 Å². The minimum Gasteiger partial charge on any atom is -0.353 e. The molecule has 2 N–H and O–H groups in total. The third-order valence-corrected chi connectivity index (χ3v) is 2.61. The number of ether oxygens (including phenoxy) is 2. The number of benzene rings is 1. The van der Waals surface area contributed by atoms with Gasteiger partial charge in [0.2, 0.25) is 0 Å². The largest absolute Gasteiger partial charge is 0.353 e. The Morgan fingerprint density at radius 1 is 1.05 bits per heavy atom. The van der Waals surface area contributed by atoms with Crippen molar-refractivity contribution in [3.05, 3.63) is 30.3 Å². The Balaban J connectivity index is 2.30. The monoisotopic (exact) mass is 294 g/mol. The summed E-state index contributed by atoms with van der Waals surface area (Å²) in [6.07, 6.45) is 0.129. The third-order valence-electron chi connectivity index (χ3n) is 2.61. The van der Waals surface area contributed by atoms with Crippen LogP contribution in [0.25, 0.3) is 0 Å². The zero-order valence-electron chi connectivity index (χ0n) is 12.4. The Kier molecular flexibility index (Phi) is 8.08. The zero-order chi connectivity index (χ0) is 15.5. The number of carbonyl (C=O) groups excluding carboxylic acids is 2. The second kappa shape index (κ2) is 9.90. The van der Waals surface area contributed by atoms with E-state index < -0.39 is 11.8 Å². The van der Waals surface area contributed by atoms with E-state index in [2.05, 4.69) is 10.6 Å². The standard InChI is InChI=1S/C15H22N2O4/c1-3-20-13(21-4-2)10-11-16-14(18)15(19)17-12-8-6-5-7-9-12/h5-9,13H,3-4,10-11H2,1-2H3,(H,16,18)(H,17,19). The van der Waals surface area contributed by atoms with Gasteiger partial charge < -0.3 is 20.1 Å². The van der Waals surface area contributed by atoms with E-state index >= 15 is 0 Å². The van der Waals surface area contributed by atoms with Crippen LogP contribution in [0.15, 0.2) is 30.3 Å². The first-order valence-electron chi connectivity index (χ1n) is 7.04. The molecule has 0 aliphatic carbocycles. The number of amides is 2. The van der Waals surface area contributed by atoms with Gasteiger partial charge in [-0.25, -0.2) is 0 Å². The van der Waals surface area contributed by atoms with Crippen LogP contribution in [-0.2, 0) is 19.1 Å². The summed E-state index contributed by atoms with van der Waals surface area (Å²) in [7, 11) is 0. The topological polar surface area (TPSA) is 76.7 Å². The quantitative estimate of drug-likeness (QED) is 0.563. The lowest BCUT2D eigenvalue weighted by molar-refractivity contribution is -0.142. The molecular weight excluding hydrogens is 272 g/mol. The first kappa shape index (κ1) is 17.1. The predicted octanol–water partition coefficient (Wildman–Crippen LogP) is 1.53. The molecule has 116 valence electrons. The molecule has 1 aromatic rings. The van der Waals surface area contributed by atoms with Crippen LogP contribution in [0.3, 0.4) is 0 Å². The smallest absolute Gasteiger partial charge is 0.313 e. The van der Waals surface area contributed by atoms with Gasteiger partial charge in [-0.2, -0.15) is 0 Å². The van der Waals surface area contributed by atoms with Gasteiger partial charge in [-0.05, 0) is 26.0 Å². The summed E-state index contributed by atoms with van der Waals surface area (Å²) in [5.74, 6) is -1.36. The maximum atomic E-state index is 11.7. The second-order valence-electron chi connectivity index (χ2n) is 4.20. The average molecular weight is 294 g/mol. The molecule has 0 heterocycles. The maximum Gasteiger partial charge on any atom is 0.313 e. The number of anilines is 1. The van der Waals surface area contributed by atoms with Crippen LogP contribution in [0.1, 0.15) is 20.3 Å². The van der Waals surface area contributed by atoms with E-state index in [9.17, 15) is 9.59 Å². The van der Waals surface area contributed by atoms with Crippen molar-refractivity contribution >= 4 is 17.5 Å². The van der Waals surface area contributed by atoms with Crippen molar-refractivity contribution in [1.82, 2.24) is 5.32 Å². The molecule has 0 aliphatic heterocycles. The van der Waals surface area contributed by atoms with Crippen molar-refractivity contribution < 1.29 is 19.1 Å². The van der Waals surface area contributed by atoms with Gasteiger partial charge in [0.05, 0.1) is 0 Å². The molecule has 2 amide bonds. The van der Waals surface area contributed by atoms with Gasteiger partial charge in [-0.15, -0.1) is 0 Å². The van der Waals surface area contributed by atoms with Gasteiger partial charge in [0.1, 0.15) is 0 Å². The third kappa shape index (κ3) is 6.87. The lowest BCUT2D eigenvalue weighted by Crippen LogP contribution is -2.37. The van der Waals surface area contributed by atoms with E-state index in [1.54, 1.807) is 24.3 Å². The summed E-state index contributed by atoms with van der Waals surface area (Å²) in [6, 6.07) is 8.82. The van der Waals surface area contributed by atoms with E-state index in [4.69, 9.17) is 9.47 Å². The van der Waals surface area contributed by atoms with Crippen molar-refractivity contribution in [3.8, 4) is 0 Å². The van der Waals surface area contributed by atoms with Crippen molar-refractivity contribution in [3.63, 3.8) is 0 Å². The van der Waals surface area contributed by atoms with Crippen LogP contribution < -0.4 is 10.6 Å². The molecule has 0 aromatic heterocycles. The zero-order valence-corrected chi connectivity index (χ0v) is 12.4. The number of hydrogen-bond donors (Lipinski definition) is 2. The van der Waals surface area contributed by atoms with Crippen LogP contribution >= 0.6 is 0 Å². The molecule has 6 heteroatoms. The highest BCUT2D eigenvalue weighted by Crippen LogP contribution is 2.04. The molecule has 1 aromatic carbocycles. The van der Waals surface area contributed by atoms with Crippen LogP contribution in [0.2, 0.25) is 0 Å². The molecule has 0 aliphatic rings. The van der Waals surface area contributed by atoms with Crippen LogP contribution in [-0.4, -0.2) is 37.9 Å².